The Morgan fingerprint density at radius 3 is 2.43 bits per heavy atom. The summed E-state index contributed by atoms with van der Waals surface area (Å²) in [6.45, 7) is -1.55. The number of carboxylic acids is 1. The molecule has 0 aromatic carbocycles. The molecular weight excluding hydrogens is 384 g/mol. The number of hydrogen-bond donors (Lipinski definition) is 8. The summed E-state index contributed by atoms with van der Waals surface area (Å²) < 4.78 is 10.7. The van der Waals surface area contributed by atoms with Crippen LogP contribution in [0.4, 0.5) is 0 Å². The first-order valence-corrected chi connectivity index (χ1v) is 8.42. The van der Waals surface area contributed by atoms with Crippen LogP contribution in [0.3, 0.4) is 0 Å². The highest BCUT2D eigenvalue weighted by Crippen LogP contribution is 2.33. The molecule has 1 rings (SSSR count). The number of aliphatic hydroxyl groups excluding tert-OH is 5. The van der Waals surface area contributed by atoms with Crippen LogP contribution in [-0.2, 0) is 23.9 Å². The van der Waals surface area contributed by atoms with Crippen molar-refractivity contribution in [2.24, 2.45) is 0 Å². The standard InChI is InChI=1S/C15H26N2O11/c1-7(20)17-11-8(21)4-15(27-3-2-18,14(26)16-5-10(23)24)28-13(11)12(25)9(22)6-19/h8-9,11-13,18-19,21-22,25H,2-6H2,1H3,(H,16,26)(H,17,20)(H,23,24)/t8-,9-,11-,12-,13-,15-/m1/s1. The van der Waals surface area contributed by atoms with Gasteiger partial charge < -0.3 is 50.7 Å². The van der Waals surface area contributed by atoms with E-state index in [9.17, 15) is 29.7 Å². The lowest BCUT2D eigenvalue weighted by Gasteiger charge is -2.47. The predicted octanol–water partition coefficient (Wildman–Crippen LogP) is -4.74. The van der Waals surface area contributed by atoms with Crippen molar-refractivity contribution in [3.05, 3.63) is 0 Å². The molecule has 28 heavy (non-hydrogen) atoms. The lowest BCUT2D eigenvalue weighted by Crippen LogP contribution is -2.69. The second-order valence-electron chi connectivity index (χ2n) is 6.22. The first-order chi connectivity index (χ1) is 13.1. The molecule has 0 spiro atoms. The van der Waals surface area contributed by atoms with Crippen LogP contribution in [-0.4, -0.2) is 111 Å². The topological polar surface area (TPSA) is 215 Å². The Labute approximate surface area is 159 Å². The van der Waals surface area contributed by atoms with Crippen LogP contribution in [0.5, 0.6) is 0 Å². The summed E-state index contributed by atoms with van der Waals surface area (Å²) in [5.41, 5.74) is 0. The van der Waals surface area contributed by atoms with Crippen LogP contribution in [0.15, 0.2) is 0 Å². The third kappa shape index (κ3) is 6.07. The van der Waals surface area contributed by atoms with E-state index in [0.29, 0.717) is 0 Å². The molecule has 0 aliphatic carbocycles. The van der Waals surface area contributed by atoms with Gasteiger partial charge in [-0.3, -0.25) is 14.4 Å². The highest BCUT2D eigenvalue weighted by molar-refractivity contribution is 5.87. The summed E-state index contributed by atoms with van der Waals surface area (Å²) in [7, 11) is 0. The number of carboxylic acid groups (broad SMARTS) is 1. The van der Waals surface area contributed by atoms with Crippen LogP contribution < -0.4 is 10.6 Å². The third-order valence-electron chi connectivity index (χ3n) is 4.03. The number of aliphatic carboxylic acids is 1. The number of carbonyl (C=O) groups excluding carboxylic acids is 2. The second-order valence-corrected chi connectivity index (χ2v) is 6.22. The van der Waals surface area contributed by atoms with Gasteiger partial charge in [0.2, 0.25) is 5.91 Å². The maximum Gasteiger partial charge on any atom is 0.322 e. The number of hydrogen-bond acceptors (Lipinski definition) is 10. The molecule has 0 aromatic heterocycles. The smallest absolute Gasteiger partial charge is 0.322 e. The van der Waals surface area contributed by atoms with Crippen molar-refractivity contribution in [3.63, 3.8) is 0 Å². The van der Waals surface area contributed by atoms with Gasteiger partial charge >= 0.3 is 5.97 Å². The van der Waals surface area contributed by atoms with Gasteiger partial charge in [0, 0.05) is 13.3 Å². The molecule has 1 aliphatic heterocycles. The molecule has 8 N–H and O–H groups in total. The average Bonchev–Trinajstić information content (AvgIpc) is 2.64. The summed E-state index contributed by atoms with van der Waals surface area (Å²) in [4.78, 5) is 34.7. The number of amides is 2. The molecule has 0 radical (unpaired) electrons. The van der Waals surface area contributed by atoms with E-state index in [1.54, 1.807) is 0 Å². The molecular formula is C15H26N2O11. The zero-order valence-electron chi connectivity index (χ0n) is 15.1. The zero-order chi connectivity index (χ0) is 21.5. The Morgan fingerprint density at radius 2 is 1.93 bits per heavy atom. The molecule has 162 valence electrons. The van der Waals surface area contributed by atoms with E-state index in [0.717, 1.165) is 6.92 Å². The fourth-order valence-corrected chi connectivity index (χ4v) is 2.79. The van der Waals surface area contributed by atoms with Crippen molar-refractivity contribution in [1.82, 2.24) is 10.6 Å². The predicted molar refractivity (Wildman–Crippen MR) is 88.6 cm³/mol. The van der Waals surface area contributed by atoms with Gasteiger partial charge in [-0.2, -0.15) is 0 Å². The number of ether oxygens (including phenoxy) is 2. The molecule has 1 heterocycles. The number of carbonyl (C=O) groups is 3. The highest BCUT2D eigenvalue weighted by atomic mass is 16.7. The lowest BCUT2D eigenvalue weighted by molar-refractivity contribution is -0.305. The third-order valence-corrected chi connectivity index (χ3v) is 4.03. The van der Waals surface area contributed by atoms with Crippen molar-refractivity contribution in [1.29, 1.82) is 0 Å². The summed E-state index contributed by atoms with van der Waals surface area (Å²) in [5.74, 6) is -5.42. The molecule has 0 unspecified atom stereocenters. The van der Waals surface area contributed by atoms with Crippen LogP contribution in [0, 0.1) is 0 Å². The normalized spacial score (nSPS) is 29.6. The van der Waals surface area contributed by atoms with Crippen LogP contribution in [0.2, 0.25) is 0 Å². The van der Waals surface area contributed by atoms with Crippen molar-refractivity contribution in [2.75, 3.05) is 26.4 Å². The Kier molecular flexibility index (Phi) is 9.16. The average molecular weight is 410 g/mol. The number of rotatable bonds is 10. The minimum atomic E-state index is -2.33. The summed E-state index contributed by atoms with van der Waals surface area (Å²) in [5, 5.41) is 61.6. The SMILES string of the molecule is CC(=O)N[C@H]1[C@H]([C@H](O)[C@H](O)CO)O[C@@](OCCO)(C(=O)NCC(=O)O)C[C@H]1O. The summed E-state index contributed by atoms with van der Waals surface area (Å²) in [6, 6.07) is -1.29. The molecule has 1 saturated heterocycles. The fraction of sp³-hybridized carbons (Fsp3) is 0.800. The van der Waals surface area contributed by atoms with E-state index < -0.39 is 86.8 Å². The van der Waals surface area contributed by atoms with E-state index in [-0.39, 0.29) is 0 Å². The van der Waals surface area contributed by atoms with Crippen molar-refractivity contribution in [2.45, 2.75) is 49.6 Å². The Bertz CT molecular complexity index is 560. The van der Waals surface area contributed by atoms with Gasteiger partial charge in [0.1, 0.15) is 24.9 Å². The maximum absolute atomic E-state index is 12.5. The van der Waals surface area contributed by atoms with Gasteiger partial charge in [-0.15, -0.1) is 0 Å². The first-order valence-electron chi connectivity index (χ1n) is 8.42. The molecule has 13 nitrogen and oxygen atoms in total. The molecule has 1 aliphatic rings. The van der Waals surface area contributed by atoms with Gasteiger partial charge in [0.15, 0.2) is 0 Å². The molecule has 2 amide bonds. The molecule has 0 saturated carbocycles. The largest absolute Gasteiger partial charge is 0.480 e. The van der Waals surface area contributed by atoms with Crippen LogP contribution >= 0.6 is 0 Å². The maximum atomic E-state index is 12.5. The van der Waals surface area contributed by atoms with Gasteiger partial charge in [0.25, 0.3) is 11.7 Å². The Morgan fingerprint density at radius 1 is 1.29 bits per heavy atom. The number of aliphatic hydroxyl groups is 5. The molecule has 0 bridgehead atoms. The lowest BCUT2D eigenvalue weighted by atomic mass is 9.88. The first kappa shape index (κ1) is 24.2. The van der Waals surface area contributed by atoms with Crippen molar-refractivity contribution < 1.29 is 54.5 Å². The summed E-state index contributed by atoms with van der Waals surface area (Å²) >= 11 is 0. The van der Waals surface area contributed by atoms with E-state index >= 15 is 0 Å². The van der Waals surface area contributed by atoms with E-state index in [2.05, 4.69) is 5.32 Å². The van der Waals surface area contributed by atoms with Gasteiger partial charge in [0.05, 0.1) is 32.0 Å². The zero-order valence-corrected chi connectivity index (χ0v) is 15.1. The van der Waals surface area contributed by atoms with Crippen LogP contribution in [0.25, 0.3) is 0 Å². The Hall–Kier alpha value is -1.87. The summed E-state index contributed by atoms with van der Waals surface area (Å²) in [6.07, 6.45) is -7.34. The molecule has 13 heteroatoms. The highest BCUT2D eigenvalue weighted by Gasteiger charge is 2.55. The van der Waals surface area contributed by atoms with Crippen LogP contribution in [0.1, 0.15) is 13.3 Å². The van der Waals surface area contributed by atoms with E-state index in [4.69, 9.17) is 24.8 Å². The molecule has 1 fully saturated rings. The quantitative estimate of drug-likeness (QED) is 0.171. The van der Waals surface area contributed by atoms with E-state index in [1.807, 2.05) is 5.32 Å². The fourth-order valence-electron chi connectivity index (χ4n) is 2.79. The Balaban J connectivity index is 3.24. The molecule has 0 aromatic rings. The minimum Gasteiger partial charge on any atom is -0.480 e. The van der Waals surface area contributed by atoms with E-state index in [1.165, 1.54) is 0 Å². The van der Waals surface area contributed by atoms with Gasteiger partial charge in [-0.25, -0.2) is 0 Å². The number of nitrogens with one attached hydrogen (secondary N) is 2. The minimum absolute atomic E-state index is 0.441. The van der Waals surface area contributed by atoms with Crippen molar-refractivity contribution >= 4 is 17.8 Å². The van der Waals surface area contributed by atoms with Crippen molar-refractivity contribution in [3.8, 4) is 0 Å². The molecule has 6 atom stereocenters. The monoisotopic (exact) mass is 410 g/mol. The van der Waals surface area contributed by atoms with Gasteiger partial charge in [-0.1, -0.05) is 0 Å². The second kappa shape index (κ2) is 10.6. The van der Waals surface area contributed by atoms with Gasteiger partial charge in [-0.05, 0) is 0 Å².